The molecule has 0 unspecified atom stereocenters. The maximum absolute atomic E-state index is 13.1. The van der Waals surface area contributed by atoms with Crippen LogP contribution < -0.4 is 0 Å². The molecule has 2 heterocycles. The van der Waals surface area contributed by atoms with Gasteiger partial charge in [0.25, 0.3) is 0 Å². The Kier molecular flexibility index (Phi) is 3.31. The predicted molar refractivity (Wildman–Crippen MR) is 69.2 cm³/mol. The molecule has 2 aromatic heterocycles. The normalized spacial score (nSPS) is 12.3. The van der Waals surface area contributed by atoms with E-state index in [0.29, 0.717) is 5.56 Å². The Labute approximate surface area is 121 Å². The minimum atomic E-state index is -4.98. The maximum Gasteiger partial charge on any atom is 0.449 e. The standard InChI is InChI=1S/C14H8F5N3/c15-13(16)22-9-6-7-20-10(8-4-2-1-3-5-8)11(9)21-12(22)14(17,18)19/h1-7,13H. The summed E-state index contributed by atoms with van der Waals surface area (Å²) in [7, 11) is 0. The molecule has 0 saturated heterocycles. The van der Waals surface area contributed by atoms with Crippen LogP contribution in [0.3, 0.4) is 0 Å². The summed E-state index contributed by atoms with van der Waals surface area (Å²) in [6.45, 7) is -3.35. The van der Waals surface area contributed by atoms with E-state index >= 15 is 0 Å². The average Bonchev–Trinajstić information content (AvgIpc) is 2.87. The van der Waals surface area contributed by atoms with Gasteiger partial charge in [-0.1, -0.05) is 30.3 Å². The molecular formula is C14H8F5N3. The fourth-order valence-corrected chi connectivity index (χ4v) is 2.23. The number of nitrogens with zero attached hydrogens (tertiary/aromatic N) is 3. The molecule has 114 valence electrons. The molecule has 0 atom stereocenters. The SMILES string of the molecule is FC(F)n1c(C(F)(F)F)nc2c(-c3ccccc3)nccc21. The van der Waals surface area contributed by atoms with E-state index < -0.39 is 18.6 Å². The molecule has 8 heteroatoms. The first-order valence-electron chi connectivity index (χ1n) is 6.17. The Morgan fingerprint density at radius 1 is 1.00 bits per heavy atom. The van der Waals surface area contributed by atoms with Gasteiger partial charge < -0.3 is 0 Å². The first-order valence-corrected chi connectivity index (χ1v) is 6.17. The topological polar surface area (TPSA) is 30.7 Å². The van der Waals surface area contributed by atoms with Gasteiger partial charge in [-0.2, -0.15) is 22.0 Å². The van der Waals surface area contributed by atoms with E-state index in [1.807, 2.05) is 0 Å². The summed E-state index contributed by atoms with van der Waals surface area (Å²) in [6, 6.07) is 9.40. The van der Waals surface area contributed by atoms with Crippen LogP contribution in [0.15, 0.2) is 42.6 Å². The minimum Gasteiger partial charge on any atom is -0.262 e. The number of fused-ring (bicyclic) bond motifs is 1. The van der Waals surface area contributed by atoms with Crippen molar-refractivity contribution in [1.29, 1.82) is 0 Å². The van der Waals surface area contributed by atoms with E-state index in [2.05, 4.69) is 9.97 Å². The second-order valence-electron chi connectivity index (χ2n) is 4.47. The summed E-state index contributed by atoms with van der Waals surface area (Å²) < 4.78 is 64.8. The second-order valence-corrected chi connectivity index (χ2v) is 4.47. The second kappa shape index (κ2) is 5.04. The molecule has 0 aliphatic heterocycles. The monoisotopic (exact) mass is 313 g/mol. The van der Waals surface area contributed by atoms with Gasteiger partial charge in [-0.15, -0.1) is 0 Å². The van der Waals surface area contributed by atoms with Crippen LogP contribution in [0.1, 0.15) is 12.4 Å². The lowest BCUT2D eigenvalue weighted by Crippen LogP contribution is -2.15. The summed E-state index contributed by atoms with van der Waals surface area (Å²) >= 11 is 0. The summed E-state index contributed by atoms with van der Waals surface area (Å²) in [5, 5.41) is 0. The van der Waals surface area contributed by atoms with Gasteiger partial charge in [0, 0.05) is 11.8 Å². The number of aromatic nitrogens is 3. The lowest BCUT2D eigenvalue weighted by Gasteiger charge is -2.09. The number of hydrogen-bond acceptors (Lipinski definition) is 2. The summed E-state index contributed by atoms with van der Waals surface area (Å²) in [4.78, 5) is 7.36. The molecule has 0 bridgehead atoms. The molecule has 0 aliphatic carbocycles. The molecule has 0 spiro atoms. The maximum atomic E-state index is 13.1. The highest BCUT2D eigenvalue weighted by molar-refractivity contribution is 5.90. The average molecular weight is 313 g/mol. The van der Waals surface area contributed by atoms with Crippen LogP contribution in [0.2, 0.25) is 0 Å². The van der Waals surface area contributed by atoms with Crippen molar-refractivity contribution in [2.45, 2.75) is 12.7 Å². The highest BCUT2D eigenvalue weighted by Gasteiger charge is 2.40. The van der Waals surface area contributed by atoms with Crippen LogP contribution >= 0.6 is 0 Å². The van der Waals surface area contributed by atoms with E-state index in [0.717, 1.165) is 6.07 Å². The molecular weight excluding hydrogens is 305 g/mol. The highest BCUT2D eigenvalue weighted by Crippen LogP contribution is 2.36. The van der Waals surface area contributed by atoms with Gasteiger partial charge in [-0.25, -0.2) is 4.98 Å². The first kappa shape index (κ1) is 14.4. The Hall–Kier alpha value is -2.51. The fraction of sp³-hybridized carbons (Fsp3) is 0.143. The first-order chi connectivity index (χ1) is 10.4. The molecule has 3 nitrogen and oxygen atoms in total. The number of halogens is 5. The summed E-state index contributed by atoms with van der Waals surface area (Å²) in [6.07, 6.45) is -3.80. The van der Waals surface area contributed by atoms with Gasteiger partial charge in [0.15, 0.2) is 0 Å². The molecule has 0 N–H and O–H groups in total. The zero-order valence-electron chi connectivity index (χ0n) is 10.9. The fourth-order valence-electron chi connectivity index (χ4n) is 2.23. The smallest absolute Gasteiger partial charge is 0.262 e. The van der Waals surface area contributed by atoms with Crippen LogP contribution in [0.5, 0.6) is 0 Å². The molecule has 3 rings (SSSR count). The Bertz CT molecular complexity index is 808. The number of benzene rings is 1. The van der Waals surface area contributed by atoms with Crippen molar-refractivity contribution < 1.29 is 22.0 Å². The van der Waals surface area contributed by atoms with Crippen molar-refractivity contribution in [2.24, 2.45) is 0 Å². The minimum absolute atomic E-state index is 0.122. The number of alkyl halides is 5. The predicted octanol–water partition coefficient (Wildman–Crippen LogP) is 4.51. The Morgan fingerprint density at radius 2 is 1.68 bits per heavy atom. The van der Waals surface area contributed by atoms with Crippen LogP contribution in [0, 0.1) is 0 Å². The molecule has 1 aromatic carbocycles. The van der Waals surface area contributed by atoms with Crippen molar-refractivity contribution in [3.63, 3.8) is 0 Å². The van der Waals surface area contributed by atoms with E-state index in [1.165, 1.54) is 6.20 Å². The Morgan fingerprint density at radius 3 is 2.27 bits per heavy atom. The molecule has 22 heavy (non-hydrogen) atoms. The molecule has 0 saturated carbocycles. The Balaban J connectivity index is 2.35. The van der Waals surface area contributed by atoms with Crippen LogP contribution in [-0.2, 0) is 6.18 Å². The van der Waals surface area contributed by atoms with Gasteiger partial charge in [0.05, 0.1) is 11.2 Å². The van der Waals surface area contributed by atoms with Crippen molar-refractivity contribution in [1.82, 2.24) is 14.5 Å². The number of pyridine rings is 1. The van der Waals surface area contributed by atoms with Gasteiger partial charge in [-0.05, 0) is 6.07 Å². The number of imidazole rings is 1. The van der Waals surface area contributed by atoms with E-state index in [-0.39, 0.29) is 21.3 Å². The van der Waals surface area contributed by atoms with Crippen molar-refractivity contribution in [3.05, 3.63) is 48.4 Å². The van der Waals surface area contributed by atoms with E-state index in [4.69, 9.17) is 0 Å². The third kappa shape index (κ3) is 2.30. The zero-order valence-corrected chi connectivity index (χ0v) is 10.9. The van der Waals surface area contributed by atoms with Crippen LogP contribution in [0.25, 0.3) is 22.3 Å². The number of rotatable bonds is 2. The third-order valence-corrected chi connectivity index (χ3v) is 3.10. The van der Waals surface area contributed by atoms with Crippen molar-refractivity contribution >= 4 is 11.0 Å². The third-order valence-electron chi connectivity index (χ3n) is 3.10. The molecule has 3 aromatic rings. The largest absolute Gasteiger partial charge is 0.449 e. The quantitative estimate of drug-likeness (QED) is 0.652. The van der Waals surface area contributed by atoms with E-state index in [1.54, 1.807) is 30.3 Å². The molecule has 0 aliphatic rings. The van der Waals surface area contributed by atoms with Crippen LogP contribution in [-0.4, -0.2) is 14.5 Å². The van der Waals surface area contributed by atoms with Crippen LogP contribution in [0.4, 0.5) is 22.0 Å². The lowest BCUT2D eigenvalue weighted by molar-refractivity contribution is -0.151. The molecule has 0 radical (unpaired) electrons. The lowest BCUT2D eigenvalue weighted by atomic mass is 10.1. The molecule has 0 amide bonds. The summed E-state index contributed by atoms with van der Waals surface area (Å²) in [5.41, 5.74) is 0.112. The molecule has 0 fully saturated rings. The highest BCUT2D eigenvalue weighted by atomic mass is 19.4. The zero-order chi connectivity index (χ0) is 15.9. The van der Waals surface area contributed by atoms with Crippen molar-refractivity contribution in [2.75, 3.05) is 0 Å². The van der Waals surface area contributed by atoms with Gasteiger partial charge in [0.2, 0.25) is 5.82 Å². The number of hydrogen-bond donors (Lipinski definition) is 0. The van der Waals surface area contributed by atoms with Gasteiger partial charge >= 0.3 is 12.7 Å². The summed E-state index contributed by atoms with van der Waals surface area (Å²) in [5.74, 6) is -1.64. The van der Waals surface area contributed by atoms with E-state index in [9.17, 15) is 22.0 Å². The van der Waals surface area contributed by atoms with Gasteiger partial charge in [0.1, 0.15) is 5.52 Å². The van der Waals surface area contributed by atoms with Crippen molar-refractivity contribution in [3.8, 4) is 11.3 Å². The van der Waals surface area contributed by atoms with Gasteiger partial charge in [-0.3, -0.25) is 9.55 Å².